The molecule has 1 aromatic carbocycles. The molecule has 4 saturated carbocycles. The van der Waals surface area contributed by atoms with Gasteiger partial charge < -0.3 is 4.74 Å². The van der Waals surface area contributed by atoms with Gasteiger partial charge in [0.25, 0.3) is 5.91 Å². The molecule has 4 aliphatic carbocycles. The average molecular weight is 522 g/mol. The number of hydrogen-bond acceptors (Lipinski definition) is 5. The van der Waals surface area contributed by atoms with Crippen molar-refractivity contribution in [2.75, 3.05) is 6.61 Å². The maximum absolute atomic E-state index is 13.4. The first-order valence-electron chi connectivity index (χ1n) is 10.9. The van der Waals surface area contributed by atoms with Crippen molar-refractivity contribution in [3.63, 3.8) is 0 Å². The third kappa shape index (κ3) is 3.95. The first kappa shape index (κ1) is 21.5. The number of halogens is 1. The van der Waals surface area contributed by atoms with E-state index in [-0.39, 0.29) is 17.2 Å². The van der Waals surface area contributed by atoms with Crippen LogP contribution in [0.5, 0.6) is 5.75 Å². The number of thiocarbonyl (C=S) groups is 1. The molecular formula is C23H25BrN2O3S2. The topological polar surface area (TPSA) is 58.6 Å². The number of hydrazine groups is 1. The van der Waals surface area contributed by atoms with Crippen LogP contribution in [0.25, 0.3) is 6.08 Å². The van der Waals surface area contributed by atoms with Crippen molar-refractivity contribution in [1.82, 2.24) is 10.4 Å². The molecule has 0 unspecified atom stereocenters. The molecule has 1 heterocycles. The van der Waals surface area contributed by atoms with Crippen LogP contribution >= 0.6 is 39.9 Å². The summed E-state index contributed by atoms with van der Waals surface area (Å²) in [6.07, 6.45) is 8.44. The lowest BCUT2D eigenvalue weighted by Gasteiger charge is -2.55. The molecule has 31 heavy (non-hydrogen) atoms. The van der Waals surface area contributed by atoms with E-state index < -0.39 is 0 Å². The van der Waals surface area contributed by atoms with Gasteiger partial charge in [0.05, 0.1) is 16.9 Å². The molecule has 8 heteroatoms. The molecule has 1 saturated heterocycles. The van der Waals surface area contributed by atoms with Gasteiger partial charge >= 0.3 is 0 Å². The lowest BCUT2D eigenvalue weighted by molar-refractivity contribution is -0.152. The van der Waals surface area contributed by atoms with Gasteiger partial charge in [-0.25, -0.2) is 0 Å². The Balaban J connectivity index is 1.35. The van der Waals surface area contributed by atoms with Crippen molar-refractivity contribution in [3.05, 3.63) is 33.1 Å². The van der Waals surface area contributed by atoms with E-state index in [0.29, 0.717) is 39.3 Å². The minimum absolute atomic E-state index is 0.0263. The second-order valence-electron chi connectivity index (χ2n) is 9.27. The summed E-state index contributed by atoms with van der Waals surface area (Å²) in [7, 11) is 0. The molecular weight excluding hydrogens is 496 g/mol. The van der Waals surface area contributed by atoms with Crippen LogP contribution < -0.4 is 10.2 Å². The van der Waals surface area contributed by atoms with E-state index in [0.717, 1.165) is 29.3 Å². The molecule has 0 atom stereocenters. The zero-order valence-electron chi connectivity index (χ0n) is 17.4. The average Bonchev–Trinajstić information content (AvgIpc) is 2.96. The van der Waals surface area contributed by atoms with Crippen LogP contribution in [0, 0.1) is 23.2 Å². The van der Waals surface area contributed by atoms with Gasteiger partial charge in [0.1, 0.15) is 5.75 Å². The zero-order valence-corrected chi connectivity index (χ0v) is 20.6. The minimum atomic E-state index is -0.325. The maximum Gasteiger partial charge on any atom is 0.285 e. The Morgan fingerprint density at radius 3 is 2.55 bits per heavy atom. The third-order valence-corrected chi connectivity index (χ3v) is 8.88. The Labute approximate surface area is 200 Å². The van der Waals surface area contributed by atoms with Crippen LogP contribution in [0.4, 0.5) is 0 Å². The van der Waals surface area contributed by atoms with Crippen molar-refractivity contribution in [3.8, 4) is 5.75 Å². The van der Waals surface area contributed by atoms with E-state index in [1.54, 1.807) is 6.08 Å². The van der Waals surface area contributed by atoms with Gasteiger partial charge in [0.2, 0.25) is 5.91 Å². The Hall–Kier alpha value is -1.38. The fourth-order valence-electron chi connectivity index (χ4n) is 6.23. The molecule has 6 rings (SSSR count). The number of benzene rings is 1. The molecule has 2 amide bonds. The summed E-state index contributed by atoms with van der Waals surface area (Å²) in [4.78, 5) is 27.0. The van der Waals surface area contributed by atoms with E-state index in [2.05, 4.69) is 21.4 Å². The monoisotopic (exact) mass is 520 g/mol. The Morgan fingerprint density at radius 1 is 1.29 bits per heavy atom. The molecule has 5 aliphatic rings. The molecule has 0 aromatic heterocycles. The predicted molar refractivity (Wildman–Crippen MR) is 129 cm³/mol. The number of carbonyl (C=O) groups is 2. The lowest BCUT2D eigenvalue weighted by atomic mass is 9.49. The minimum Gasteiger partial charge on any atom is -0.493 e. The molecule has 1 N–H and O–H groups in total. The van der Waals surface area contributed by atoms with Crippen LogP contribution in [0.3, 0.4) is 0 Å². The third-order valence-electron chi connectivity index (χ3n) is 7.09. The number of nitrogens with zero attached hydrogens (tertiary/aromatic N) is 1. The van der Waals surface area contributed by atoms with Crippen molar-refractivity contribution >= 4 is 62.1 Å². The number of carbonyl (C=O) groups excluding carboxylic acids is 2. The largest absolute Gasteiger partial charge is 0.493 e. The number of hydrogen-bond donors (Lipinski definition) is 1. The SMILES string of the molecule is CCOc1ccc(Br)cc1/C=C1/SC(=S)N(NC(=O)C23CC4CC(CC(C4)C2)C3)C1=O. The van der Waals surface area contributed by atoms with E-state index in [1.165, 1.54) is 36.0 Å². The van der Waals surface area contributed by atoms with E-state index >= 15 is 0 Å². The first-order valence-corrected chi connectivity index (χ1v) is 12.9. The second-order valence-corrected chi connectivity index (χ2v) is 11.9. The molecule has 0 spiro atoms. The zero-order chi connectivity index (χ0) is 21.8. The molecule has 164 valence electrons. The lowest BCUT2D eigenvalue weighted by Crippen LogP contribution is -2.57. The highest BCUT2D eigenvalue weighted by atomic mass is 79.9. The molecule has 4 bridgehead atoms. The molecule has 5 fully saturated rings. The fraction of sp³-hybridized carbons (Fsp3) is 0.522. The normalized spacial score (nSPS) is 32.8. The first-order chi connectivity index (χ1) is 14.9. The van der Waals surface area contributed by atoms with Crippen molar-refractivity contribution in [2.24, 2.45) is 23.2 Å². The maximum atomic E-state index is 13.4. The quantitative estimate of drug-likeness (QED) is 0.421. The van der Waals surface area contributed by atoms with E-state index in [4.69, 9.17) is 17.0 Å². The van der Waals surface area contributed by atoms with Gasteiger partial charge in [0, 0.05) is 10.0 Å². The van der Waals surface area contributed by atoms with Crippen LogP contribution in [0.15, 0.2) is 27.6 Å². The van der Waals surface area contributed by atoms with E-state index in [1.807, 2.05) is 25.1 Å². The fourth-order valence-corrected chi connectivity index (χ4v) is 7.78. The summed E-state index contributed by atoms with van der Waals surface area (Å²) >= 11 is 10.1. The van der Waals surface area contributed by atoms with Crippen LogP contribution in [-0.4, -0.2) is 27.8 Å². The number of amides is 2. The van der Waals surface area contributed by atoms with Gasteiger partial charge in [-0.3, -0.25) is 15.0 Å². The number of thioether (sulfide) groups is 1. The standard InChI is InChI=1S/C23H25BrN2O3S2/c1-2-29-18-4-3-17(24)8-16(18)9-19-20(27)26(22(30)31-19)25-21(28)23-10-13-5-14(11-23)7-15(6-13)12-23/h3-4,8-9,13-15H,2,5-7,10-12H2,1H3,(H,25,28)/b19-9+. The summed E-state index contributed by atoms with van der Waals surface area (Å²) in [5, 5.41) is 1.27. The van der Waals surface area contributed by atoms with Gasteiger partial charge in [-0.2, -0.15) is 5.01 Å². The summed E-state index contributed by atoms with van der Waals surface area (Å²) < 4.78 is 6.95. The summed E-state index contributed by atoms with van der Waals surface area (Å²) in [6, 6.07) is 5.68. The van der Waals surface area contributed by atoms with Gasteiger partial charge in [-0.1, -0.05) is 27.7 Å². The van der Waals surface area contributed by atoms with Crippen LogP contribution in [0.1, 0.15) is 51.0 Å². The highest BCUT2D eigenvalue weighted by Gasteiger charge is 2.55. The van der Waals surface area contributed by atoms with Gasteiger partial charge in [-0.05, 0) is 99.7 Å². The molecule has 1 aliphatic heterocycles. The smallest absolute Gasteiger partial charge is 0.285 e. The van der Waals surface area contributed by atoms with Crippen molar-refractivity contribution in [1.29, 1.82) is 0 Å². The Kier molecular flexibility index (Phi) is 5.67. The molecule has 5 nitrogen and oxygen atoms in total. The Bertz CT molecular complexity index is 958. The van der Waals surface area contributed by atoms with Gasteiger partial charge in [-0.15, -0.1) is 0 Å². The van der Waals surface area contributed by atoms with E-state index in [9.17, 15) is 9.59 Å². The number of rotatable bonds is 5. The highest BCUT2D eigenvalue weighted by molar-refractivity contribution is 9.10. The highest BCUT2D eigenvalue weighted by Crippen LogP contribution is 2.60. The van der Waals surface area contributed by atoms with Crippen LogP contribution in [0.2, 0.25) is 0 Å². The van der Waals surface area contributed by atoms with Crippen molar-refractivity contribution in [2.45, 2.75) is 45.4 Å². The second kappa shape index (κ2) is 8.19. The summed E-state index contributed by atoms with van der Waals surface area (Å²) in [6.45, 7) is 2.45. The Morgan fingerprint density at radius 2 is 1.94 bits per heavy atom. The molecule has 1 aromatic rings. The summed E-state index contributed by atoms with van der Waals surface area (Å²) in [5.41, 5.74) is 3.37. The van der Waals surface area contributed by atoms with Crippen molar-refractivity contribution < 1.29 is 14.3 Å². The number of ether oxygens (including phenoxy) is 1. The summed E-state index contributed by atoms with van der Waals surface area (Å²) in [5.74, 6) is 2.38. The van der Waals surface area contributed by atoms with Gasteiger partial charge in [0.15, 0.2) is 4.32 Å². The van der Waals surface area contributed by atoms with Crippen LogP contribution in [-0.2, 0) is 9.59 Å². The molecule has 0 radical (unpaired) electrons. The number of nitrogens with one attached hydrogen (secondary N) is 1. The predicted octanol–water partition coefficient (Wildman–Crippen LogP) is 5.30.